The molecular formula is C49H60BBrN12O8S2Si. The van der Waals surface area contributed by atoms with E-state index < -0.39 is 46.4 Å². The number of sulfonamides is 2. The van der Waals surface area contributed by atoms with Gasteiger partial charge in [-0.15, -0.1) is 12.0 Å². The summed E-state index contributed by atoms with van der Waals surface area (Å²) in [6.07, 6.45) is 13.6. The average Bonchev–Trinajstić information content (AvgIpc) is 4.29. The molecule has 3 aliphatic rings. The summed E-state index contributed by atoms with van der Waals surface area (Å²) in [4.78, 5) is 17.5. The number of rotatable bonds is 16. The largest absolute Gasteiger partial charge is 0.494 e. The molecule has 0 bridgehead atoms. The maximum Gasteiger partial charge on any atom is 0.494 e. The van der Waals surface area contributed by atoms with Crippen molar-refractivity contribution in [1.82, 2.24) is 49.8 Å². The van der Waals surface area contributed by atoms with Crippen LogP contribution in [0.15, 0.2) is 87.6 Å². The van der Waals surface area contributed by atoms with Crippen LogP contribution in [0.2, 0.25) is 19.6 Å². The van der Waals surface area contributed by atoms with Gasteiger partial charge in [-0.25, -0.2) is 46.2 Å². The Bertz CT molecular complexity index is 3280. The number of nitrogens with one attached hydrogen (secondary N) is 6. The van der Waals surface area contributed by atoms with Crippen LogP contribution in [0.3, 0.4) is 0 Å². The van der Waals surface area contributed by atoms with Crippen molar-refractivity contribution in [1.29, 1.82) is 0 Å². The third kappa shape index (κ3) is 14.9. The van der Waals surface area contributed by atoms with E-state index in [9.17, 15) is 16.8 Å². The molecule has 390 valence electrons. The van der Waals surface area contributed by atoms with E-state index >= 15 is 0 Å². The van der Waals surface area contributed by atoms with Crippen LogP contribution in [0.1, 0.15) is 87.7 Å². The molecule has 2 aliphatic carbocycles. The molecule has 74 heavy (non-hydrogen) atoms. The minimum absolute atomic E-state index is 0.0248. The molecule has 6 aromatic rings. The van der Waals surface area contributed by atoms with E-state index in [1.165, 1.54) is 49.0 Å². The smallest absolute Gasteiger partial charge is 0.399 e. The molecule has 3 fully saturated rings. The number of H-pyrrole nitrogens is 2. The van der Waals surface area contributed by atoms with Crippen LogP contribution in [-0.2, 0) is 29.4 Å². The van der Waals surface area contributed by atoms with Crippen molar-refractivity contribution >= 4 is 79.9 Å². The van der Waals surface area contributed by atoms with Gasteiger partial charge >= 0.3 is 7.12 Å². The fraction of sp³-hybridized carbons (Fsp3) is 0.388. The minimum Gasteiger partial charge on any atom is -0.399 e. The third-order valence-corrected chi connectivity index (χ3v) is 16.1. The van der Waals surface area contributed by atoms with E-state index in [0.717, 1.165) is 29.9 Å². The highest BCUT2D eigenvalue weighted by atomic mass is 79.9. The molecule has 1 saturated heterocycles. The van der Waals surface area contributed by atoms with Gasteiger partial charge in [0, 0.05) is 66.4 Å². The molecule has 9 rings (SSSR count). The first kappa shape index (κ1) is 55.9. The quantitative estimate of drug-likeness (QED) is 0.0323. The molecule has 1 aliphatic heterocycles. The summed E-state index contributed by atoms with van der Waals surface area (Å²) in [5.74, 6) is 9.69. The molecule has 2 aromatic carbocycles. The summed E-state index contributed by atoms with van der Waals surface area (Å²) >= 11 is 3.31. The Balaban J connectivity index is 0.000000165. The highest BCUT2D eigenvalue weighted by Gasteiger charge is 2.51. The Morgan fingerprint density at radius 2 is 1.27 bits per heavy atom. The number of halogens is 1. The van der Waals surface area contributed by atoms with Crippen molar-refractivity contribution in [3.8, 4) is 35.2 Å². The van der Waals surface area contributed by atoms with Crippen molar-refractivity contribution in [3.63, 3.8) is 0 Å². The number of aromatic amines is 2. The number of hydrogen-bond acceptors (Lipinski definition) is 16. The van der Waals surface area contributed by atoms with Gasteiger partial charge in [0.2, 0.25) is 20.0 Å². The Morgan fingerprint density at radius 1 is 0.757 bits per heavy atom. The fourth-order valence-electron chi connectivity index (χ4n) is 6.91. The Hall–Kier alpha value is -5.84. The van der Waals surface area contributed by atoms with Gasteiger partial charge in [0.1, 0.15) is 8.07 Å². The second-order valence-corrected chi connectivity index (χ2v) is 28.6. The lowest BCUT2D eigenvalue weighted by Gasteiger charge is -2.32. The monoisotopic (exact) mass is 1130 g/mol. The zero-order valence-corrected chi connectivity index (χ0v) is 46.3. The SMILES string of the molecule is C#Cc1cnc(-c2cccc(S(=O)(=O)NCCO)c2)nc1Nc1cc(C2CC2)[nH]n1.CC1(C)OB(c2cccc(S(=O)(=O)NCCO)c2)OC1(C)C.C[Si](C)(C)C#Cc1cnc(Br)nc1Nc1cc(C2CC2)[nH]n1. The van der Waals surface area contributed by atoms with Crippen molar-refractivity contribution < 1.29 is 36.4 Å². The molecule has 20 nitrogen and oxygen atoms in total. The summed E-state index contributed by atoms with van der Waals surface area (Å²) in [6, 6.07) is 16.7. The zero-order valence-electron chi connectivity index (χ0n) is 42.1. The van der Waals surface area contributed by atoms with E-state index in [4.69, 9.17) is 25.9 Å². The van der Waals surface area contributed by atoms with Crippen LogP contribution in [0.5, 0.6) is 0 Å². The Kier molecular flexibility index (Phi) is 17.7. The molecule has 8 N–H and O–H groups in total. The standard InChI is InChI=1S/C20H20N6O3S.C15H18BrN5Si.C14H22BNO5S/c1-2-13-12-21-19(15-4-3-5-16(10-15)30(28,29)22-8-9-27)24-20(13)23-18-11-17(25-26-18)14-6-7-14;1-22(2,3)7-6-11-9-17-15(16)19-14(11)18-13-8-12(20-21-13)10-4-5-10;1-13(2)14(3,4)21-15(20-13)11-6-5-7-12(10-11)22(18,19)16-8-9-17/h1,3-5,10-12,14,22,27H,6-9H2,(H2,21,23,24,25,26);8-10H,4-5H2,1-3H3,(H2,17,18,19,20,21);5-7,10,16-17H,8-9H2,1-4H3. The summed E-state index contributed by atoms with van der Waals surface area (Å²) in [7, 11) is -9.47. The summed E-state index contributed by atoms with van der Waals surface area (Å²) < 4.78 is 65.9. The van der Waals surface area contributed by atoms with Crippen LogP contribution < -0.4 is 25.5 Å². The topological polar surface area (TPSA) is 284 Å². The third-order valence-electron chi connectivity index (χ3n) is 11.9. The van der Waals surface area contributed by atoms with Crippen molar-refractivity contribution in [3.05, 3.63) is 100 Å². The predicted molar refractivity (Wildman–Crippen MR) is 290 cm³/mol. The number of aromatic nitrogens is 8. The second kappa shape index (κ2) is 23.4. The van der Waals surface area contributed by atoms with Gasteiger partial charge in [0.15, 0.2) is 33.8 Å². The highest BCUT2D eigenvalue weighted by molar-refractivity contribution is 9.10. The van der Waals surface area contributed by atoms with Gasteiger partial charge in [-0.3, -0.25) is 10.2 Å². The number of nitrogens with zero attached hydrogens (tertiary/aromatic N) is 6. The summed E-state index contributed by atoms with van der Waals surface area (Å²) in [5, 5.41) is 38.6. The van der Waals surface area contributed by atoms with Gasteiger partial charge in [0.25, 0.3) is 0 Å². The zero-order chi connectivity index (χ0) is 53.5. The van der Waals surface area contributed by atoms with Gasteiger partial charge in [-0.2, -0.15) is 10.2 Å². The molecule has 0 amide bonds. The molecule has 5 heterocycles. The van der Waals surface area contributed by atoms with Gasteiger partial charge in [0.05, 0.1) is 45.3 Å². The molecule has 0 radical (unpaired) electrons. The van der Waals surface area contributed by atoms with E-state index in [1.807, 2.05) is 39.8 Å². The minimum atomic E-state index is -3.75. The Labute approximate surface area is 441 Å². The van der Waals surface area contributed by atoms with E-state index in [-0.39, 0.29) is 36.1 Å². The lowest BCUT2D eigenvalue weighted by Crippen LogP contribution is -2.41. The highest BCUT2D eigenvalue weighted by Crippen LogP contribution is 2.41. The van der Waals surface area contributed by atoms with Gasteiger partial charge < -0.3 is 30.2 Å². The first-order chi connectivity index (χ1) is 35.0. The van der Waals surface area contributed by atoms with Crippen molar-refractivity contribution in [2.75, 3.05) is 36.9 Å². The predicted octanol–water partition coefficient (Wildman–Crippen LogP) is 5.81. The van der Waals surface area contributed by atoms with E-state index in [0.29, 0.717) is 56.4 Å². The number of anilines is 4. The molecule has 0 atom stereocenters. The van der Waals surface area contributed by atoms with Crippen LogP contribution in [0.25, 0.3) is 11.4 Å². The van der Waals surface area contributed by atoms with Crippen molar-refractivity contribution in [2.45, 2.75) is 106 Å². The maximum atomic E-state index is 12.3. The molecule has 2 saturated carbocycles. The molecule has 0 spiro atoms. The number of hydrogen-bond donors (Lipinski definition) is 8. The molecular weight excluding hydrogens is 1070 g/mol. The first-order valence-electron chi connectivity index (χ1n) is 23.8. The molecule has 0 unspecified atom stereocenters. The number of terminal acetylenes is 1. The van der Waals surface area contributed by atoms with Gasteiger partial charge in [-0.1, -0.05) is 55.7 Å². The maximum absolute atomic E-state index is 12.3. The Morgan fingerprint density at radius 3 is 1.78 bits per heavy atom. The number of benzene rings is 2. The van der Waals surface area contributed by atoms with Gasteiger partial charge in [-0.05, 0) is 99.0 Å². The molecule has 4 aromatic heterocycles. The summed E-state index contributed by atoms with van der Waals surface area (Å²) in [5.41, 5.74) is 7.04. The van der Waals surface area contributed by atoms with E-state index in [1.54, 1.807) is 30.5 Å². The molecule has 25 heteroatoms. The van der Waals surface area contributed by atoms with Crippen LogP contribution in [0.4, 0.5) is 23.3 Å². The summed E-state index contributed by atoms with van der Waals surface area (Å²) in [6.45, 7) is 13.8. The number of aliphatic hydroxyl groups excluding tert-OH is 2. The lowest BCUT2D eigenvalue weighted by atomic mass is 9.79. The fourth-order valence-corrected chi connectivity index (χ4v) is 9.84. The van der Waals surface area contributed by atoms with Crippen molar-refractivity contribution in [2.24, 2.45) is 0 Å². The first-order valence-corrected chi connectivity index (χ1v) is 31.1. The normalized spacial score (nSPS) is 15.9. The van der Waals surface area contributed by atoms with Crippen LogP contribution in [0, 0.1) is 23.8 Å². The lowest BCUT2D eigenvalue weighted by molar-refractivity contribution is 0.00578. The number of aliphatic hydroxyl groups is 2. The van der Waals surface area contributed by atoms with Crippen LogP contribution in [-0.4, -0.2) is 120 Å². The van der Waals surface area contributed by atoms with E-state index in [2.05, 4.69) is 113 Å². The average molecular weight is 1130 g/mol. The van der Waals surface area contributed by atoms with Crippen LogP contribution >= 0.6 is 15.9 Å². The second-order valence-electron chi connectivity index (χ2n) is 19.6.